The lowest BCUT2D eigenvalue weighted by molar-refractivity contribution is 0.0748. The highest BCUT2D eigenvalue weighted by Gasteiger charge is 2.25. The molecule has 4 nitrogen and oxygen atoms in total. The highest BCUT2D eigenvalue weighted by Crippen LogP contribution is 2.30. The van der Waals surface area contributed by atoms with Gasteiger partial charge in [0.05, 0.1) is 16.8 Å². The van der Waals surface area contributed by atoms with E-state index in [0.717, 1.165) is 50.4 Å². The normalized spacial score (nSPS) is 14.4. The molecule has 0 spiro atoms. The van der Waals surface area contributed by atoms with Crippen LogP contribution in [0.15, 0.2) is 77.3 Å². The van der Waals surface area contributed by atoms with Gasteiger partial charge in [0.15, 0.2) is 0 Å². The Morgan fingerprint density at radius 2 is 1.64 bits per heavy atom. The maximum atomic E-state index is 13.8. The van der Waals surface area contributed by atoms with E-state index in [0.29, 0.717) is 18.7 Å². The lowest BCUT2D eigenvalue weighted by Gasteiger charge is -2.36. The maximum Gasteiger partial charge on any atom is 0.254 e. The Morgan fingerprint density at radius 1 is 0.917 bits per heavy atom. The Kier molecular flexibility index (Phi) is 6.80. The summed E-state index contributed by atoms with van der Waals surface area (Å²) in [5.41, 5.74) is 5.76. The van der Waals surface area contributed by atoms with Gasteiger partial charge < -0.3 is 9.80 Å². The van der Waals surface area contributed by atoms with Crippen molar-refractivity contribution in [2.45, 2.75) is 26.2 Å². The number of anilines is 1. The predicted molar refractivity (Wildman–Crippen MR) is 153 cm³/mol. The van der Waals surface area contributed by atoms with Crippen molar-refractivity contribution in [2.75, 3.05) is 31.1 Å². The minimum absolute atomic E-state index is 0.0406. The maximum absolute atomic E-state index is 13.8. The van der Waals surface area contributed by atoms with Crippen molar-refractivity contribution in [1.29, 1.82) is 0 Å². The zero-order valence-electron chi connectivity index (χ0n) is 20.8. The first kappa shape index (κ1) is 24.8. The van der Waals surface area contributed by atoms with Crippen LogP contribution >= 0.6 is 27.5 Å². The summed E-state index contributed by atoms with van der Waals surface area (Å²) in [5.74, 6) is 0.0406. The molecule has 1 aliphatic heterocycles. The number of carbonyl (C=O) groups excluding carboxylic acids is 1. The van der Waals surface area contributed by atoms with E-state index < -0.39 is 0 Å². The van der Waals surface area contributed by atoms with Crippen molar-refractivity contribution in [3.8, 4) is 11.3 Å². The number of rotatable bonds is 3. The van der Waals surface area contributed by atoms with Crippen LogP contribution in [0.3, 0.4) is 0 Å². The summed E-state index contributed by atoms with van der Waals surface area (Å²) < 4.78 is 0.930. The number of fused-ring (bicyclic) bond motifs is 1. The molecule has 0 radical (unpaired) electrons. The number of amides is 1. The SMILES string of the molecule is CC(C)(C)c1ccc(-c2cc(C(=O)N3CCN(c4cccc(Cl)c4)CC3)c3cc(Br)ccc3n2)cc1. The van der Waals surface area contributed by atoms with Crippen LogP contribution < -0.4 is 4.90 Å². The highest BCUT2D eigenvalue weighted by atomic mass is 79.9. The van der Waals surface area contributed by atoms with E-state index in [1.54, 1.807) is 0 Å². The molecule has 184 valence electrons. The zero-order valence-corrected chi connectivity index (χ0v) is 23.1. The molecule has 1 aliphatic rings. The third-order valence-electron chi connectivity index (χ3n) is 6.79. The number of hydrogen-bond donors (Lipinski definition) is 0. The Hall–Kier alpha value is -2.89. The minimum atomic E-state index is 0.0406. The van der Waals surface area contributed by atoms with Crippen LogP contribution in [0.25, 0.3) is 22.2 Å². The van der Waals surface area contributed by atoms with Gasteiger partial charge in [-0.2, -0.15) is 0 Å². The number of halogens is 2. The van der Waals surface area contributed by atoms with Crippen molar-refractivity contribution in [3.63, 3.8) is 0 Å². The number of benzene rings is 3. The summed E-state index contributed by atoms with van der Waals surface area (Å²) in [6.45, 7) is 9.45. The van der Waals surface area contributed by atoms with Gasteiger partial charge in [-0.15, -0.1) is 0 Å². The lowest BCUT2D eigenvalue weighted by Crippen LogP contribution is -2.48. The monoisotopic (exact) mass is 561 g/mol. The highest BCUT2D eigenvalue weighted by molar-refractivity contribution is 9.10. The summed E-state index contributed by atoms with van der Waals surface area (Å²) in [6.07, 6.45) is 0. The Balaban J connectivity index is 1.46. The first-order chi connectivity index (χ1) is 17.2. The number of aromatic nitrogens is 1. The van der Waals surface area contributed by atoms with E-state index in [2.05, 4.69) is 71.9 Å². The first-order valence-electron chi connectivity index (χ1n) is 12.2. The fourth-order valence-corrected chi connectivity index (χ4v) is 5.22. The van der Waals surface area contributed by atoms with Crippen LogP contribution in [-0.2, 0) is 5.41 Å². The molecule has 0 N–H and O–H groups in total. The largest absolute Gasteiger partial charge is 0.368 e. The van der Waals surface area contributed by atoms with Crippen molar-refractivity contribution < 1.29 is 4.79 Å². The van der Waals surface area contributed by atoms with E-state index in [-0.39, 0.29) is 11.3 Å². The van der Waals surface area contributed by atoms with Gasteiger partial charge in [0.1, 0.15) is 0 Å². The van der Waals surface area contributed by atoms with E-state index in [4.69, 9.17) is 16.6 Å². The smallest absolute Gasteiger partial charge is 0.254 e. The van der Waals surface area contributed by atoms with Gasteiger partial charge in [0.2, 0.25) is 0 Å². The van der Waals surface area contributed by atoms with Gasteiger partial charge >= 0.3 is 0 Å². The molecule has 5 rings (SSSR count). The molecule has 1 aromatic heterocycles. The fraction of sp³-hybridized carbons (Fsp3) is 0.267. The van der Waals surface area contributed by atoms with Crippen molar-refractivity contribution in [1.82, 2.24) is 9.88 Å². The Morgan fingerprint density at radius 3 is 2.31 bits per heavy atom. The van der Waals surface area contributed by atoms with Gasteiger partial charge in [-0.3, -0.25) is 4.79 Å². The fourth-order valence-electron chi connectivity index (χ4n) is 4.67. The molecule has 1 saturated heterocycles. The second kappa shape index (κ2) is 9.87. The quantitative estimate of drug-likeness (QED) is 0.258. The van der Waals surface area contributed by atoms with E-state index in [1.807, 2.05) is 47.4 Å². The third kappa shape index (κ3) is 5.14. The van der Waals surface area contributed by atoms with E-state index >= 15 is 0 Å². The zero-order chi connectivity index (χ0) is 25.4. The topological polar surface area (TPSA) is 36.4 Å². The van der Waals surface area contributed by atoms with Gasteiger partial charge in [-0.25, -0.2) is 4.98 Å². The Labute approximate surface area is 226 Å². The second-order valence-electron chi connectivity index (χ2n) is 10.3. The van der Waals surface area contributed by atoms with Crippen LogP contribution in [0.5, 0.6) is 0 Å². The van der Waals surface area contributed by atoms with Gasteiger partial charge in [-0.05, 0) is 53.4 Å². The predicted octanol–water partition coefficient (Wildman–Crippen LogP) is 7.58. The summed E-state index contributed by atoms with van der Waals surface area (Å²) in [5, 5.41) is 1.59. The summed E-state index contributed by atoms with van der Waals surface area (Å²) in [6, 6.07) is 24.3. The number of piperazine rings is 1. The van der Waals surface area contributed by atoms with Crippen LogP contribution in [-0.4, -0.2) is 42.0 Å². The van der Waals surface area contributed by atoms with Crippen LogP contribution in [0.1, 0.15) is 36.7 Å². The molecular weight excluding hydrogens is 534 g/mol. The minimum Gasteiger partial charge on any atom is -0.368 e. The van der Waals surface area contributed by atoms with Crippen molar-refractivity contribution in [2.24, 2.45) is 0 Å². The first-order valence-corrected chi connectivity index (χ1v) is 13.4. The number of nitrogens with zero attached hydrogens (tertiary/aromatic N) is 3. The van der Waals surface area contributed by atoms with Gasteiger partial charge in [-0.1, -0.05) is 78.6 Å². The molecule has 1 amide bonds. The average Bonchev–Trinajstić information content (AvgIpc) is 2.87. The van der Waals surface area contributed by atoms with Crippen LogP contribution in [0.2, 0.25) is 5.02 Å². The van der Waals surface area contributed by atoms with Crippen molar-refractivity contribution >= 4 is 50.0 Å². The van der Waals surface area contributed by atoms with Crippen molar-refractivity contribution in [3.05, 3.63) is 93.4 Å². The molecule has 6 heteroatoms. The second-order valence-corrected chi connectivity index (χ2v) is 11.7. The van der Waals surface area contributed by atoms with Crippen LogP contribution in [0, 0.1) is 0 Å². The summed E-state index contributed by atoms with van der Waals surface area (Å²) in [7, 11) is 0. The summed E-state index contributed by atoms with van der Waals surface area (Å²) >= 11 is 9.76. The molecule has 0 atom stereocenters. The van der Waals surface area contributed by atoms with E-state index in [9.17, 15) is 4.79 Å². The Bertz CT molecular complexity index is 1420. The molecule has 0 unspecified atom stereocenters. The molecule has 0 bridgehead atoms. The summed E-state index contributed by atoms with van der Waals surface area (Å²) in [4.78, 5) is 23.0. The average molecular weight is 563 g/mol. The van der Waals surface area contributed by atoms with E-state index in [1.165, 1.54) is 5.56 Å². The third-order valence-corrected chi connectivity index (χ3v) is 7.52. The molecule has 2 heterocycles. The molecule has 36 heavy (non-hydrogen) atoms. The van der Waals surface area contributed by atoms with Gasteiger partial charge in [0.25, 0.3) is 5.91 Å². The molecule has 1 fully saturated rings. The molecule has 3 aromatic carbocycles. The molecule has 0 aliphatic carbocycles. The molecule has 0 saturated carbocycles. The number of pyridine rings is 1. The van der Waals surface area contributed by atoms with Crippen LogP contribution in [0.4, 0.5) is 5.69 Å². The number of carbonyl (C=O) groups is 1. The molecular formula is C30H29BrClN3O. The van der Waals surface area contributed by atoms with Gasteiger partial charge in [0, 0.05) is 52.3 Å². The lowest BCUT2D eigenvalue weighted by atomic mass is 9.86. The molecule has 4 aromatic rings. The number of hydrogen-bond acceptors (Lipinski definition) is 3. The standard InChI is InChI=1S/C30H29BrClN3O/c1-30(2,3)21-9-7-20(8-10-21)28-19-26(25-17-22(31)11-12-27(25)33-28)29(36)35-15-13-34(14-16-35)24-6-4-5-23(32)18-24/h4-12,17-19H,13-16H2,1-3H3.